The van der Waals surface area contributed by atoms with E-state index >= 15 is 0 Å². The fourth-order valence-electron chi connectivity index (χ4n) is 2.76. The summed E-state index contributed by atoms with van der Waals surface area (Å²) in [5.74, 6) is -1.96. The Morgan fingerprint density at radius 2 is 1.55 bits per heavy atom. The molecule has 164 valence electrons. The van der Waals surface area contributed by atoms with Crippen molar-refractivity contribution in [2.24, 2.45) is 5.92 Å². The van der Waals surface area contributed by atoms with Gasteiger partial charge in [0.2, 0.25) is 0 Å². The van der Waals surface area contributed by atoms with Crippen molar-refractivity contribution >= 4 is 23.9 Å². The van der Waals surface area contributed by atoms with Gasteiger partial charge in [-0.05, 0) is 55.7 Å². The Labute approximate surface area is 182 Å². The molecule has 0 aliphatic rings. The van der Waals surface area contributed by atoms with Crippen LogP contribution in [0.3, 0.4) is 0 Å². The van der Waals surface area contributed by atoms with Crippen LogP contribution in [0, 0.1) is 5.92 Å². The smallest absolute Gasteiger partial charge is 0.326 e. The highest BCUT2D eigenvalue weighted by Gasteiger charge is 2.25. The van der Waals surface area contributed by atoms with Crippen molar-refractivity contribution in [1.82, 2.24) is 10.6 Å². The van der Waals surface area contributed by atoms with Crippen molar-refractivity contribution in [2.45, 2.75) is 39.8 Å². The van der Waals surface area contributed by atoms with Crippen molar-refractivity contribution in [3.8, 4) is 5.75 Å². The topological polar surface area (TPSA) is 105 Å². The average Bonchev–Trinajstić information content (AvgIpc) is 2.72. The van der Waals surface area contributed by atoms with Gasteiger partial charge in [0.05, 0.1) is 6.10 Å². The zero-order chi connectivity index (χ0) is 23.0. The van der Waals surface area contributed by atoms with E-state index in [2.05, 4.69) is 10.6 Å². The SMILES string of the molecule is CC(C)Oc1ccc(C=C(NC(=O)c2ccccc2)C(=O)N[C@H](C(=O)O)C(C)C)cc1. The summed E-state index contributed by atoms with van der Waals surface area (Å²) in [5.41, 5.74) is 0.963. The lowest BCUT2D eigenvalue weighted by Gasteiger charge is -2.19. The molecule has 2 amide bonds. The van der Waals surface area contributed by atoms with E-state index in [0.29, 0.717) is 16.9 Å². The summed E-state index contributed by atoms with van der Waals surface area (Å²) in [5, 5.41) is 14.5. The first kappa shape index (κ1) is 23.7. The molecule has 7 heteroatoms. The molecule has 2 rings (SSSR count). The van der Waals surface area contributed by atoms with E-state index in [1.165, 1.54) is 6.08 Å². The molecule has 0 bridgehead atoms. The molecule has 2 aromatic carbocycles. The first-order valence-electron chi connectivity index (χ1n) is 10.1. The maximum Gasteiger partial charge on any atom is 0.326 e. The molecule has 0 aliphatic carbocycles. The summed E-state index contributed by atoms with van der Waals surface area (Å²) >= 11 is 0. The van der Waals surface area contributed by atoms with E-state index in [1.807, 2.05) is 13.8 Å². The third kappa shape index (κ3) is 7.29. The Morgan fingerprint density at radius 3 is 2.06 bits per heavy atom. The van der Waals surface area contributed by atoms with Gasteiger partial charge >= 0.3 is 5.97 Å². The Bertz CT molecular complexity index is 934. The summed E-state index contributed by atoms with van der Waals surface area (Å²) in [4.78, 5) is 37.0. The van der Waals surface area contributed by atoms with E-state index in [-0.39, 0.29) is 17.7 Å². The van der Waals surface area contributed by atoms with Crippen molar-refractivity contribution in [3.05, 3.63) is 71.4 Å². The summed E-state index contributed by atoms with van der Waals surface area (Å²) < 4.78 is 5.61. The number of carbonyl (C=O) groups is 3. The molecule has 0 heterocycles. The summed E-state index contributed by atoms with van der Waals surface area (Å²) in [6.07, 6.45) is 1.52. The molecule has 0 spiro atoms. The lowest BCUT2D eigenvalue weighted by atomic mass is 10.0. The molecular weight excluding hydrogens is 396 g/mol. The van der Waals surface area contributed by atoms with Gasteiger partial charge in [-0.2, -0.15) is 0 Å². The van der Waals surface area contributed by atoms with Crippen LogP contribution in [0.25, 0.3) is 6.08 Å². The van der Waals surface area contributed by atoms with Crippen LogP contribution in [0.4, 0.5) is 0 Å². The van der Waals surface area contributed by atoms with Gasteiger partial charge in [0.25, 0.3) is 11.8 Å². The van der Waals surface area contributed by atoms with Crippen LogP contribution in [0.5, 0.6) is 5.75 Å². The van der Waals surface area contributed by atoms with E-state index in [4.69, 9.17) is 4.74 Å². The highest BCUT2D eigenvalue weighted by Crippen LogP contribution is 2.16. The highest BCUT2D eigenvalue weighted by atomic mass is 16.5. The fourth-order valence-corrected chi connectivity index (χ4v) is 2.76. The third-order valence-electron chi connectivity index (χ3n) is 4.31. The molecule has 0 radical (unpaired) electrons. The number of rotatable bonds is 9. The van der Waals surface area contributed by atoms with Gasteiger partial charge < -0.3 is 20.5 Å². The van der Waals surface area contributed by atoms with Crippen LogP contribution in [0.2, 0.25) is 0 Å². The van der Waals surface area contributed by atoms with Gasteiger partial charge in [0.15, 0.2) is 0 Å². The minimum absolute atomic E-state index is 0.0249. The first-order valence-corrected chi connectivity index (χ1v) is 10.1. The second-order valence-corrected chi connectivity index (χ2v) is 7.65. The second kappa shape index (κ2) is 11.0. The zero-order valence-electron chi connectivity index (χ0n) is 18.1. The van der Waals surface area contributed by atoms with Crippen molar-refractivity contribution in [2.75, 3.05) is 0 Å². The van der Waals surface area contributed by atoms with Gasteiger partial charge in [-0.25, -0.2) is 4.79 Å². The predicted molar refractivity (Wildman–Crippen MR) is 118 cm³/mol. The Morgan fingerprint density at radius 1 is 0.935 bits per heavy atom. The number of carboxylic acids is 1. The van der Waals surface area contributed by atoms with Gasteiger partial charge in [-0.15, -0.1) is 0 Å². The molecule has 0 aromatic heterocycles. The lowest BCUT2D eigenvalue weighted by molar-refractivity contribution is -0.142. The van der Waals surface area contributed by atoms with Crippen molar-refractivity contribution < 1.29 is 24.2 Å². The number of ether oxygens (including phenoxy) is 1. The molecule has 7 nitrogen and oxygen atoms in total. The highest BCUT2D eigenvalue weighted by molar-refractivity contribution is 6.06. The summed E-state index contributed by atoms with van der Waals surface area (Å²) in [6, 6.07) is 14.4. The second-order valence-electron chi connectivity index (χ2n) is 7.65. The van der Waals surface area contributed by atoms with Gasteiger partial charge in [0, 0.05) is 5.56 Å². The maximum atomic E-state index is 12.9. The molecule has 0 fully saturated rings. The maximum absolute atomic E-state index is 12.9. The minimum atomic E-state index is -1.15. The van der Waals surface area contributed by atoms with Gasteiger partial charge in [-0.1, -0.05) is 44.2 Å². The van der Waals surface area contributed by atoms with E-state index in [1.54, 1.807) is 68.4 Å². The number of carbonyl (C=O) groups excluding carboxylic acids is 2. The molecule has 0 saturated heterocycles. The summed E-state index contributed by atoms with van der Waals surface area (Å²) in [7, 11) is 0. The molecule has 1 atom stereocenters. The van der Waals surface area contributed by atoms with Crippen LogP contribution >= 0.6 is 0 Å². The van der Waals surface area contributed by atoms with Crippen LogP contribution in [0.1, 0.15) is 43.6 Å². The molecule has 0 unspecified atom stereocenters. The average molecular weight is 424 g/mol. The molecule has 2 aromatic rings. The molecule has 3 N–H and O–H groups in total. The Kier molecular flexibility index (Phi) is 8.37. The normalized spacial score (nSPS) is 12.4. The third-order valence-corrected chi connectivity index (χ3v) is 4.31. The quantitative estimate of drug-likeness (QED) is 0.535. The number of carboxylic acid groups (broad SMARTS) is 1. The van der Waals surface area contributed by atoms with Gasteiger partial charge in [0.1, 0.15) is 17.5 Å². The van der Waals surface area contributed by atoms with Crippen molar-refractivity contribution in [1.29, 1.82) is 0 Å². The number of benzene rings is 2. The van der Waals surface area contributed by atoms with Crippen LogP contribution in [0.15, 0.2) is 60.3 Å². The van der Waals surface area contributed by atoms with E-state index < -0.39 is 23.8 Å². The summed E-state index contributed by atoms with van der Waals surface area (Å²) in [6.45, 7) is 7.23. The number of aliphatic carboxylic acids is 1. The fraction of sp³-hybridized carbons (Fsp3) is 0.292. The lowest BCUT2D eigenvalue weighted by Crippen LogP contribution is -2.47. The zero-order valence-corrected chi connectivity index (χ0v) is 18.1. The monoisotopic (exact) mass is 424 g/mol. The predicted octanol–water partition coefficient (Wildman–Crippen LogP) is 3.47. The molecule has 0 saturated carbocycles. The number of hydrogen-bond acceptors (Lipinski definition) is 4. The molecular formula is C24H28N2O5. The number of hydrogen-bond donors (Lipinski definition) is 3. The Balaban J connectivity index is 2.32. The molecule has 31 heavy (non-hydrogen) atoms. The van der Waals surface area contributed by atoms with E-state index in [9.17, 15) is 19.5 Å². The minimum Gasteiger partial charge on any atom is -0.491 e. The van der Waals surface area contributed by atoms with Crippen LogP contribution in [-0.2, 0) is 9.59 Å². The van der Waals surface area contributed by atoms with Gasteiger partial charge in [-0.3, -0.25) is 9.59 Å². The standard InChI is InChI=1S/C24H28N2O5/c1-15(2)21(24(29)30)26-23(28)20(25-22(27)18-8-6-5-7-9-18)14-17-10-12-19(13-11-17)31-16(3)4/h5-16,21H,1-4H3,(H,25,27)(H,26,28)(H,29,30)/t21-/m0/s1. The number of amides is 2. The first-order chi connectivity index (χ1) is 14.7. The largest absolute Gasteiger partial charge is 0.491 e. The van der Waals surface area contributed by atoms with Crippen molar-refractivity contribution in [3.63, 3.8) is 0 Å². The van der Waals surface area contributed by atoms with Crippen LogP contribution < -0.4 is 15.4 Å². The van der Waals surface area contributed by atoms with Crippen LogP contribution in [-0.4, -0.2) is 35.0 Å². The molecule has 0 aliphatic heterocycles. The number of nitrogens with one attached hydrogen (secondary N) is 2. The van der Waals surface area contributed by atoms with E-state index in [0.717, 1.165) is 0 Å². The Hall–Kier alpha value is -3.61.